The minimum atomic E-state index is 0.854. The van der Waals surface area contributed by atoms with Crippen LogP contribution in [0.25, 0.3) is 11.4 Å². The van der Waals surface area contributed by atoms with Gasteiger partial charge in [0.15, 0.2) is 0 Å². The second-order valence-corrected chi connectivity index (χ2v) is 5.60. The number of aryl methyl sites for hydroxylation is 1. The number of imidazole rings is 1. The molecule has 0 aliphatic carbocycles. The van der Waals surface area contributed by atoms with Gasteiger partial charge in [0.05, 0.1) is 5.69 Å². The number of nitrogen functional groups attached to an aromatic ring is 1. The molecule has 0 radical (unpaired) electrons. The van der Waals surface area contributed by atoms with Crippen LogP contribution in [0.15, 0.2) is 30.3 Å². The molecule has 0 saturated heterocycles. The number of rotatable bonds is 8. The minimum Gasteiger partial charge on any atom is -0.384 e. The van der Waals surface area contributed by atoms with Crippen molar-refractivity contribution in [2.75, 3.05) is 5.73 Å². The molecule has 21 heavy (non-hydrogen) atoms. The Labute approximate surface area is 128 Å². The van der Waals surface area contributed by atoms with Gasteiger partial charge in [-0.3, -0.25) is 0 Å². The van der Waals surface area contributed by atoms with Gasteiger partial charge in [0.1, 0.15) is 11.6 Å². The molecule has 0 spiro atoms. The third-order valence-electron chi connectivity index (χ3n) is 3.83. The number of aromatic nitrogens is 2. The van der Waals surface area contributed by atoms with Crippen LogP contribution in [0.5, 0.6) is 0 Å². The van der Waals surface area contributed by atoms with Gasteiger partial charge in [0.25, 0.3) is 0 Å². The second-order valence-electron chi connectivity index (χ2n) is 5.60. The molecule has 0 saturated carbocycles. The van der Waals surface area contributed by atoms with Crippen LogP contribution in [-0.2, 0) is 13.0 Å². The van der Waals surface area contributed by atoms with Gasteiger partial charge in [-0.2, -0.15) is 0 Å². The van der Waals surface area contributed by atoms with E-state index in [9.17, 15) is 0 Å². The van der Waals surface area contributed by atoms with Crippen molar-refractivity contribution in [1.29, 1.82) is 0 Å². The molecule has 0 amide bonds. The van der Waals surface area contributed by atoms with Crippen molar-refractivity contribution in [2.45, 2.75) is 58.9 Å². The number of benzene rings is 1. The summed E-state index contributed by atoms with van der Waals surface area (Å²) >= 11 is 0. The van der Waals surface area contributed by atoms with E-state index in [4.69, 9.17) is 10.7 Å². The van der Waals surface area contributed by atoms with E-state index in [1.165, 1.54) is 25.7 Å². The van der Waals surface area contributed by atoms with Gasteiger partial charge in [0.2, 0.25) is 0 Å². The van der Waals surface area contributed by atoms with Crippen molar-refractivity contribution < 1.29 is 0 Å². The van der Waals surface area contributed by atoms with E-state index >= 15 is 0 Å². The van der Waals surface area contributed by atoms with Crippen LogP contribution in [0.2, 0.25) is 0 Å². The maximum Gasteiger partial charge on any atom is 0.141 e. The summed E-state index contributed by atoms with van der Waals surface area (Å²) in [5, 5.41) is 0. The Morgan fingerprint density at radius 3 is 2.43 bits per heavy atom. The summed E-state index contributed by atoms with van der Waals surface area (Å²) in [6.45, 7) is 5.34. The molecule has 0 bridgehead atoms. The van der Waals surface area contributed by atoms with Gasteiger partial charge in [0, 0.05) is 12.1 Å². The SMILES string of the molecule is CCCCCCc1nc(-c2ccccc2)n(CCC)c1N. The third-order valence-corrected chi connectivity index (χ3v) is 3.83. The molecule has 0 fully saturated rings. The highest BCUT2D eigenvalue weighted by molar-refractivity contribution is 5.60. The predicted octanol–water partition coefficient (Wildman–Crippen LogP) is 4.67. The molecule has 2 aromatic rings. The Morgan fingerprint density at radius 2 is 1.76 bits per heavy atom. The normalized spacial score (nSPS) is 11.0. The van der Waals surface area contributed by atoms with Crippen LogP contribution in [0.4, 0.5) is 5.82 Å². The summed E-state index contributed by atoms with van der Waals surface area (Å²) in [5.74, 6) is 1.87. The lowest BCUT2D eigenvalue weighted by molar-refractivity contribution is 0.661. The molecular weight excluding hydrogens is 258 g/mol. The van der Waals surface area contributed by atoms with E-state index in [1.54, 1.807) is 0 Å². The number of unbranched alkanes of at least 4 members (excludes halogenated alkanes) is 3. The first-order valence-corrected chi connectivity index (χ1v) is 8.18. The molecular formula is C18H27N3. The first-order chi connectivity index (χ1) is 10.3. The van der Waals surface area contributed by atoms with Crippen molar-refractivity contribution in [2.24, 2.45) is 0 Å². The fraction of sp³-hybridized carbons (Fsp3) is 0.500. The highest BCUT2D eigenvalue weighted by Crippen LogP contribution is 2.25. The van der Waals surface area contributed by atoms with E-state index in [2.05, 4.69) is 42.7 Å². The number of anilines is 1. The molecule has 1 aromatic heterocycles. The van der Waals surface area contributed by atoms with E-state index in [0.717, 1.165) is 42.3 Å². The fourth-order valence-electron chi connectivity index (χ4n) is 2.68. The Hall–Kier alpha value is -1.77. The molecule has 0 unspecified atom stereocenters. The number of hydrogen-bond donors (Lipinski definition) is 1. The number of hydrogen-bond acceptors (Lipinski definition) is 2. The second kappa shape index (κ2) is 7.87. The summed E-state index contributed by atoms with van der Waals surface area (Å²) in [4.78, 5) is 4.83. The average Bonchev–Trinajstić information content (AvgIpc) is 2.82. The molecule has 0 aliphatic heterocycles. The van der Waals surface area contributed by atoms with Crippen LogP contribution in [0, 0.1) is 0 Å². The van der Waals surface area contributed by atoms with Gasteiger partial charge in [-0.1, -0.05) is 63.4 Å². The van der Waals surface area contributed by atoms with E-state index < -0.39 is 0 Å². The van der Waals surface area contributed by atoms with Gasteiger partial charge >= 0.3 is 0 Å². The van der Waals surface area contributed by atoms with Crippen molar-refractivity contribution >= 4 is 5.82 Å². The van der Waals surface area contributed by atoms with E-state index in [1.807, 2.05) is 6.07 Å². The maximum atomic E-state index is 6.34. The van der Waals surface area contributed by atoms with Gasteiger partial charge in [-0.25, -0.2) is 4.98 Å². The molecule has 114 valence electrons. The zero-order valence-corrected chi connectivity index (χ0v) is 13.3. The van der Waals surface area contributed by atoms with Crippen LogP contribution >= 0.6 is 0 Å². The molecule has 3 heteroatoms. The topological polar surface area (TPSA) is 43.8 Å². The first kappa shape index (κ1) is 15.6. The first-order valence-electron chi connectivity index (χ1n) is 8.18. The molecule has 1 aromatic carbocycles. The monoisotopic (exact) mass is 285 g/mol. The van der Waals surface area contributed by atoms with Crippen molar-refractivity contribution in [3.63, 3.8) is 0 Å². The van der Waals surface area contributed by atoms with Gasteiger partial charge in [-0.15, -0.1) is 0 Å². The Kier molecular flexibility index (Phi) is 5.85. The molecule has 1 heterocycles. The summed E-state index contributed by atoms with van der Waals surface area (Å²) in [6, 6.07) is 10.4. The van der Waals surface area contributed by atoms with Crippen molar-refractivity contribution in [3.05, 3.63) is 36.0 Å². The highest BCUT2D eigenvalue weighted by atomic mass is 15.1. The van der Waals surface area contributed by atoms with E-state index in [0.29, 0.717) is 0 Å². The van der Waals surface area contributed by atoms with E-state index in [-0.39, 0.29) is 0 Å². The van der Waals surface area contributed by atoms with Crippen molar-refractivity contribution in [1.82, 2.24) is 9.55 Å². The maximum absolute atomic E-state index is 6.34. The quantitative estimate of drug-likeness (QED) is 0.716. The Bertz CT molecular complexity index is 543. The summed E-state index contributed by atoms with van der Waals surface area (Å²) < 4.78 is 2.17. The Balaban J connectivity index is 2.23. The zero-order chi connectivity index (χ0) is 15.1. The molecule has 3 nitrogen and oxygen atoms in total. The lowest BCUT2D eigenvalue weighted by Crippen LogP contribution is -2.05. The van der Waals surface area contributed by atoms with Gasteiger partial charge in [-0.05, 0) is 19.3 Å². The van der Waals surface area contributed by atoms with Crippen LogP contribution in [0.1, 0.15) is 51.6 Å². The van der Waals surface area contributed by atoms with Crippen molar-refractivity contribution in [3.8, 4) is 11.4 Å². The smallest absolute Gasteiger partial charge is 0.141 e. The van der Waals surface area contributed by atoms with Crippen LogP contribution < -0.4 is 5.73 Å². The average molecular weight is 285 g/mol. The summed E-state index contributed by atoms with van der Waals surface area (Å²) in [5.41, 5.74) is 8.56. The molecule has 0 aliphatic rings. The Morgan fingerprint density at radius 1 is 1.00 bits per heavy atom. The highest BCUT2D eigenvalue weighted by Gasteiger charge is 2.15. The zero-order valence-electron chi connectivity index (χ0n) is 13.3. The standard InChI is InChI=1S/C18H27N3/c1-3-5-6-10-13-16-17(19)21(14-4-2)18(20-16)15-11-8-7-9-12-15/h7-9,11-12H,3-6,10,13-14,19H2,1-2H3. The lowest BCUT2D eigenvalue weighted by Gasteiger charge is -2.08. The summed E-state index contributed by atoms with van der Waals surface area (Å²) in [6.07, 6.45) is 7.04. The minimum absolute atomic E-state index is 0.854. The van der Waals surface area contributed by atoms with Gasteiger partial charge < -0.3 is 10.3 Å². The largest absolute Gasteiger partial charge is 0.384 e. The molecule has 2 rings (SSSR count). The fourth-order valence-corrected chi connectivity index (χ4v) is 2.68. The summed E-state index contributed by atoms with van der Waals surface area (Å²) in [7, 11) is 0. The van der Waals surface area contributed by atoms with Crippen LogP contribution in [-0.4, -0.2) is 9.55 Å². The lowest BCUT2D eigenvalue weighted by atomic mass is 10.1. The number of nitrogens with two attached hydrogens (primary N) is 1. The van der Waals surface area contributed by atoms with Crippen LogP contribution in [0.3, 0.4) is 0 Å². The third kappa shape index (κ3) is 3.87. The molecule has 0 atom stereocenters. The predicted molar refractivity (Wildman–Crippen MR) is 90.2 cm³/mol. The number of nitrogens with zero attached hydrogens (tertiary/aromatic N) is 2. The molecule has 2 N–H and O–H groups in total.